The van der Waals surface area contributed by atoms with Crippen LogP contribution in [0.4, 0.5) is 14.5 Å². The van der Waals surface area contributed by atoms with Gasteiger partial charge < -0.3 is 15.5 Å². The summed E-state index contributed by atoms with van der Waals surface area (Å²) in [5, 5.41) is 5.43. The van der Waals surface area contributed by atoms with Gasteiger partial charge in [0.2, 0.25) is 5.91 Å². The first kappa shape index (κ1) is 15.7. The van der Waals surface area contributed by atoms with Crippen LogP contribution in [0.25, 0.3) is 0 Å². The first-order valence-electron chi connectivity index (χ1n) is 7.19. The molecular weight excluding hydrogens is 276 g/mol. The number of nitrogens with one attached hydrogen (secondary N) is 2. The molecule has 1 unspecified atom stereocenters. The fourth-order valence-corrected chi connectivity index (χ4v) is 2.84. The highest BCUT2D eigenvalue weighted by Crippen LogP contribution is 2.30. The normalized spacial score (nSPS) is 18.7. The Hall–Kier alpha value is -1.69. The van der Waals surface area contributed by atoms with Crippen LogP contribution >= 0.6 is 0 Å². The summed E-state index contributed by atoms with van der Waals surface area (Å²) in [6, 6.07) is 2.14. The monoisotopic (exact) mass is 297 g/mol. The lowest BCUT2D eigenvalue weighted by Crippen LogP contribution is -2.49. The largest absolute Gasteiger partial charge is 0.357 e. The highest BCUT2D eigenvalue weighted by molar-refractivity contribution is 5.85. The first-order valence-corrected chi connectivity index (χ1v) is 7.19. The van der Waals surface area contributed by atoms with E-state index in [1.165, 1.54) is 19.2 Å². The number of amides is 1. The zero-order chi connectivity index (χ0) is 15.4. The Morgan fingerprint density at radius 2 is 1.95 bits per heavy atom. The van der Waals surface area contributed by atoms with Crippen LogP contribution in [0.5, 0.6) is 0 Å². The quantitative estimate of drug-likeness (QED) is 0.890. The molecule has 0 bridgehead atoms. The van der Waals surface area contributed by atoms with E-state index < -0.39 is 17.7 Å². The Kier molecular flexibility index (Phi) is 5.12. The summed E-state index contributed by atoms with van der Waals surface area (Å²) in [5.41, 5.74) is 0.452. The van der Waals surface area contributed by atoms with Crippen LogP contribution < -0.4 is 15.5 Å². The molecule has 0 saturated carbocycles. The number of halogens is 2. The van der Waals surface area contributed by atoms with Crippen molar-refractivity contribution in [2.24, 2.45) is 0 Å². The van der Waals surface area contributed by atoms with Gasteiger partial charge in [-0.1, -0.05) is 0 Å². The number of rotatable bonds is 4. The number of hydrogen-bond acceptors (Lipinski definition) is 3. The number of anilines is 1. The first-order chi connectivity index (χ1) is 10.1. The maximum atomic E-state index is 14.3. The second-order valence-corrected chi connectivity index (χ2v) is 5.26. The molecule has 2 N–H and O–H groups in total. The van der Waals surface area contributed by atoms with Gasteiger partial charge in [-0.3, -0.25) is 4.79 Å². The molecule has 1 amide bonds. The van der Waals surface area contributed by atoms with E-state index in [0.29, 0.717) is 25.1 Å². The van der Waals surface area contributed by atoms with E-state index in [1.807, 2.05) is 0 Å². The highest BCUT2D eigenvalue weighted by Gasteiger charge is 2.31. The van der Waals surface area contributed by atoms with Gasteiger partial charge in [0.05, 0.1) is 0 Å². The molecule has 116 valence electrons. The molecule has 0 aliphatic carbocycles. The van der Waals surface area contributed by atoms with Crippen LogP contribution in [0.15, 0.2) is 12.1 Å². The molecule has 0 spiro atoms. The molecule has 1 atom stereocenters. The Labute approximate surface area is 123 Å². The van der Waals surface area contributed by atoms with Crippen LogP contribution in [-0.2, 0) is 11.3 Å². The third-order valence-electron chi connectivity index (χ3n) is 3.80. The molecule has 6 heteroatoms. The van der Waals surface area contributed by atoms with E-state index in [2.05, 4.69) is 10.6 Å². The van der Waals surface area contributed by atoms with Gasteiger partial charge >= 0.3 is 0 Å². The summed E-state index contributed by atoms with van der Waals surface area (Å²) >= 11 is 0. The van der Waals surface area contributed by atoms with Crippen molar-refractivity contribution in [3.63, 3.8) is 0 Å². The second kappa shape index (κ2) is 6.85. The van der Waals surface area contributed by atoms with Crippen LogP contribution in [0.2, 0.25) is 0 Å². The van der Waals surface area contributed by atoms with Crippen molar-refractivity contribution in [1.82, 2.24) is 10.6 Å². The van der Waals surface area contributed by atoms with Crippen molar-refractivity contribution in [3.05, 3.63) is 29.3 Å². The van der Waals surface area contributed by atoms with E-state index in [-0.39, 0.29) is 11.6 Å². The van der Waals surface area contributed by atoms with Gasteiger partial charge in [-0.15, -0.1) is 0 Å². The molecule has 0 aromatic heterocycles. The molecule has 1 saturated heterocycles. The van der Waals surface area contributed by atoms with Gasteiger partial charge in [-0.2, -0.15) is 0 Å². The molecule has 1 aromatic carbocycles. The van der Waals surface area contributed by atoms with Gasteiger partial charge in [0.1, 0.15) is 23.4 Å². The van der Waals surface area contributed by atoms with Crippen molar-refractivity contribution in [2.45, 2.75) is 31.8 Å². The van der Waals surface area contributed by atoms with Crippen LogP contribution in [0.3, 0.4) is 0 Å². The Balaban J connectivity index is 2.36. The number of carbonyl (C=O) groups is 1. The number of benzene rings is 1. The summed E-state index contributed by atoms with van der Waals surface area (Å²) in [5.74, 6) is -1.43. The topological polar surface area (TPSA) is 44.4 Å². The Morgan fingerprint density at radius 1 is 1.29 bits per heavy atom. The maximum Gasteiger partial charge on any atom is 0.242 e. The predicted octanol–water partition coefficient (Wildman–Crippen LogP) is 1.79. The molecule has 1 heterocycles. The lowest BCUT2D eigenvalue weighted by Gasteiger charge is -2.36. The smallest absolute Gasteiger partial charge is 0.242 e. The Bertz CT molecular complexity index is 499. The van der Waals surface area contributed by atoms with Gasteiger partial charge in [-0.05, 0) is 44.0 Å². The summed E-state index contributed by atoms with van der Waals surface area (Å²) < 4.78 is 28.6. The van der Waals surface area contributed by atoms with E-state index in [9.17, 15) is 13.6 Å². The third-order valence-corrected chi connectivity index (χ3v) is 3.80. The van der Waals surface area contributed by atoms with Gasteiger partial charge in [0.15, 0.2) is 0 Å². The molecule has 1 fully saturated rings. The SMILES string of the molecule is CNCc1cc(F)c(N2CCCCC2C(=O)NC)c(F)c1. The van der Waals surface area contributed by atoms with Crippen LogP contribution in [0, 0.1) is 11.6 Å². The molecule has 1 aliphatic heterocycles. The van der Waals surface area contributed by atoms with Gasteiger partial charge in [0.25, 0.3) is 0 Å². The van der Waals surface area contributed by atoms with Crippen LogP contribution in [0.1, 0.15) is 24.8 Å². The van der Waals surface area contributed by atoms with Crippen molar-refractivity contribution < 1.29 is 13.6 Å². The lowest BCUT2D eigenvalue weighted by molar-refractivity contribution is -0.122. The summed E-state index contributed by atoms with van der Waals surface area (Å²) in [4.78, 5) is 13.5. The van der Waals surface area contributed by atoms with E-state index in [0.717, 1.165) is 12.8 Å². The fraction of sp³-hybridized carbons (Fsp3) is 0.533. The number of hydrogen-bond donors (Lipinski definition) is 2. The molecular formula is C15H21F2N3O. The molecule has 4 nitrogen and oxygen atoms in total. The number of piperidine rings is 1. The van der Waals surface area contributed by atoms with E-state index >= 15 is 0 Å². The minimum Gasteiger partial charge on any atom is -0.357 e. The minimum atomic E-state index is -0.615. The molecule has 1 aromatic rings. The molecule has 21 heavy (non-hydrogen) atoms. The van der Waals surface area contributed by atoms with E-state index in [4.69, 9.17) is 0 Å². The van der Waals surface area contributed by atoms with Gasteiger partial charge in [0, 0.05) is 20.1 Å². The number of carbonyl (C=O) groups excluding carboxylic acids is 1. The number of likely N-dealkylation sites (N-methyl/N-ethyl adjacent to an activating group) is 1. The summed E-state index contributed by atoms with van der Waals surface area (Å²) in [7, 11) is 3.26. The Morgan fingerprint density at radius 3 is 2.52 bits per heavy atom. The van der Waals surface area contributed by atoms with Crippen molar-refractivity contribution in [1.29, 1.82) is 0 Å². The lowest BCUT2D eigenvalue weighted by atomic mass is 9.99. The zero-order valence-corrected chi connectivity index (χ0v) is 12.4. The summed E-state index contributed by atoms with van der Waals surface area (Å²) in [6.07, 6.45) is 2.32. The van der Waals surface area contributed by atoms with Crippen molar-refractivity contribution in [2.75, 3.05) is 25.5 Å². The molecule has 2 rings (SSSR count). The summed E-state index contributed by atoms with van der Waals surface area (Å²) in [6.45, 7) is 0.879. The standard InChI is InChI=1S/C15H21F2N3O/c1-18-9-10-7-11(16)14(12(17)8-10)20-6-4-3-5-13(20)15(21)19-2/h7-8,13,18H,3-6,9H2,1-2H3,(H,19,21). The third kappa shape index (κ3) is 3.32. The average molecular weight is 297 g/mol. The molecule has 1 aliphatic rings. The van der Waals surface area contributed by atoms with Crippen molar-refractivity contribution >= 4 is 11.6 Å². The molecule has 0 radical (unpaired) electrons. The van der Waals surface area contributed by atoms with Crippen LogP contribution in [-0.4, -0.2) is 32.6 Å². The highest BCUT2D eigenvalue weighted by atomic mass is 19.1. The van der Waals surface area contributed by atoms with Crippen molar-refractivity contribution in [3.8, 4) is 0 Å². The predicted molar refractivity (Wildman–Crippen MR) is 78.2 cm³/mol. The average Bonchev–Trinajstić information content (AvgIpc) is 2.46. The second-order valence-electron chi connectivity index (χ2n) is 5.26. The zero-order valence-electron chi connectivity index (χ0n) is 12.4. The minimum absolute atomic E-state index is 0.0943. The maximum absolute atomic E-state index is 14.3. The van der Waals surface area contributed by atoms with Gasteiger partial charge in [-0.25, -0.2) is 8.78 Å². The number of nitrogens with zero attached hydrogens (tertiary/aromatic N) is 1. The fourth-order valence-electron chi connectivity index (χ4n) is 2.84. The van der Waals surface area contributed by atoms with E-state index in [1.54, 1.807) is 11.9 Å².